The third-order valence-electron chi connectivity index (χ3n) is 9.27. The van der Waals surface area contributed by atoms with Crippen LogP contribution in [-0.2, 0) is 0 Å². The number of hydrogen-bond acceptors (Lipinski definition) is 5. The van der Waals surface area contributed by atoms with Crippen molar-refractivity contribution in [2.45, 2.75) is 0 Å². The fourth-order valence-electron chi connectivity index (χ4n) is 6.74. The van der Waals surface area contributed by atoms with Gasteiger partial charge in [0, 0.05) is 33.0 Å². The Labute approximate surface area is 301 Å². The van der Waals surface area contributed by atoms with Crippen LogP contribution in [-0.4, -0.2) is 19.9 Å². The quantitative estimate of drug-likeness (QED) is 0.177. The topological polar surface area (TPSA) is 75.3 Å². The van der Waals surface area contributed by atoms with Crippen molar-refractivity contribution >= 4 is 21.8 Å². The lowest BCUT2D eigenvalue weighted by atomic mass is 9.93. The van der Waals surface area contributed by atoms with E-state index in [1.165, 1.54) is 0 Å². The Kier molecular flexibility index (Phi) is 7.81. The normalized spacial score (nSPS) is 11.1. The van der Waals surface area contributed by atoms with Crippen molar-refractivity contribution < 1.29 is 0 Å². The lowest BCUT2D eigenvalue weighted by Gasteiger charge is -2.13. The van der Waals surface area contributed by atoms with Crippen LogP contribution < -0.4 is 0 Å². The summed E-state index contributed by atoms with van der Waals surface area (Å²) in [5.74, 6) is 1.36. The van der Waals surface area contributed by atoms with Gasteiger partial charge in [-0.3, -0.25) is 0 Å². The molecule has 0 spiro atoms. The second-order valence-electron chi connectivity index (χ2n) is 12.6. The summed E-state index contributed by atoms with van der Waals surface area (Å²) in [7, 11) is 0. The molecular weight excluding hydrogens is 635 g/mol. The average molecular weight is 664 g/mol. The number of aromatic nitrogens is 4. The Balaban J connectivity index is 1.14. The molecule has 7 aromatic carbocycles. The maximum Gasteiger partial charge on any atom is 0.160 e. The van der Waals surface area contributed by atoms with Crippen LogP contribution in [0.15, 0.2) is 176 Å². The molecule has 9 rings (SSSR count). The summed E-state index contributed by atoms with van der Waals surface area (Å²) in [5.41, 5.74) is 11.8. The van der Waals surface area contributed by atoms with E-state index in [2.05, 4.69) is 60.7 Å². The highest BCUT2D eigenvalue weighted by atomic mass is 14.9. The van der Waals surface area contributed by atoms with Gasteiger partial charge < -0.3 is 0 Å². The molecule has 9 aromatic rings. The maximum atomic E-state index is 10.2. The average Bonchev–Trinajstić information content (AvgIpc) is 3.23. The predicted octanol–water partition coefficient (Wildman–Crippen LogP) is 11.4. The smallest absolute Gasteiger partial charge is 0.160 e. The molecule has 5 heteroatoms. The molecule has 0 atom stereocenters. The summed E-state index contributed by atoms with van der Waals surface area (Å²) in [5, 5.41) is 12.1. The minimum absolute atomic E-state index is 0.584. The third-order valence-corrected chi connectivity index (χ3v) is 9.27. The Hall–Kier alpha value is -7.29. The fraction of sp³-hybridized carbons (Fsp3) is 0. The molecule has 242 valence electrons. The molecule has 0 bridgehead atoms. The Bertz CT molecular complexity index is 2620. The van der Waals surface area contributed by atoms with Crippen LogP contribution in [0.4, 0.5) is 0 Å². The number of hydrogen-bond donors (Lipinski definition) is 0. The first kappa shape index (κ1) is 30.7. The number of rotatable bonds is 6. The zero-order chi connectivity index (χ0) is 34.9. The number of para-hydroxylation sites is 2. The van der Waals surface area contributed by atoms with Crippen molar-refractivity contribution in [2.24, 2.45) is 0 Å². The van der Waals surface area contributed by atoms with Crippen LogP contribution >= 0.6 is 0 Å². The summed E-state index contributed by atoms with van der Waals surface area (Å²) in [4.78, 5) is 20.0. The molecule has 5 nitrogen and oxygen atoms in total. The second-order valence-corrected chi connectivity index (χ2v) is 12.6. The van der Waals surface area contributed by atoms with Crippen molar-refractivity contribution in [1.29, 1.82) is 5.26 Å². The van der Waals surface area contributed by atoms with Crippen molar-refractivity contribution in [3.05, 3.63) is 181 Å². The highest BCUT2D eigenvalue weighted by Crippen LogP contribution is 2.36. The molecule has 0 aliphatic rings. The molecule has 0 saturated carbocycles. The number of fused-ring (bicyclic) bond motifs is 2. The predicted molar refractivity (Wildman–Crippen MR) is 210 cm³/mol. The van der Waals surface area contributed by atoms with E-state index in [9.17, 15) is 5.26 Å². The first-order chi connectivity index (χ1) is 25.7. The van der Waals surface area contributed by atoms with E-state index < -0.39 is 0 Å². The third kappa shape index (κ3) is 5.85. The van der Waals surface area contributed by atoms with Crippen LogP contribution in [0.2, 0.25) is 0 Å². The summed E-state index contributed by atoms with van der Waals surface area (Å²) in [6.07, 6.45) is 0. The minimum atomic E-state index is 0.584. The first-order valence-electron chi connectivity index (χ1n) is 17.1. The molecular formula is C47H29N5. The van der Waals surface area contributed by atoms with Gasteiger partial charge in [0.05, 0.1) is 34.1 Å². The van der Waals surface area contributed by atoms with Crippen molar-refractivity contribution in [3.63, 3.8) is 0 Å². The second kappa shape index (κ2) is 13.2. The Morgan fingerprint density at radius 1 is 0.327 bits per heavy atom. The summed E-state index contributed by atoms with van der Waals surface area (Å²) in [6, 6.07) is 61.5. The van der Waals surface area contributed by atoms with E-state index in [-0.39, 0.29) is 0 Å². The van der Waals surface area contributed by atoms with Gasteiger partial charge in [0.1, 0.15) is 0 Å². The van der Waals surface area contributed by atoms with Crippen LogP contribution in [0, 0.1) is 11.3 Å². The van der Waals surface area contributed by atoms with E-state index in [4.69, 9.17) is 19.9 Å². The van der Waals surface area contributed by atoms with Crippen molar-refractivity contribution in [3.8, 4) is 73.6 Å². The van der Waals surface area contributed by atoms with Crippen LogP contribution in [0.3, 0.4) is 0 Å². The summed E-state index contributed by atoms with van der Waals surface area (Å²) >= 11 is 0. The maximum absolute atomic E-state index is 10.2. The van der Waals surface area contributed by atoms with Gasteiger partial charge in [0.2, 0.25) is 0 Å². The van der Waals surface area contributed by atoms with Gasteiger partial charge in [0.15, 0.2) is 11.6 Å². The van der Waals surface area contributed by atoms with Gasteiger partial charge in [-0.05, 0) is 64.7 Å². The van der Waals surface area contributed by atoms with Gasteiger partial charge in [-0.25, -0.2) is 19.9 Å². The largest absolute Gasteiger partial charge is 0.228 e. The van der Waals surface area contributed by atoms with Crippen molar-refractivity contribution in [1.82, 2.24) is 19.9 Å². The molecule has 0 saturated heterocycles. The van der Waals surface area contributed by atoms with E-state index >= 15 is 0 Å². The molecule has 2 heterocycles. The van der Waals surface area contributed by atoms with E-state index in [0.29, 0.717) is 17.2 Å². The van der Waals surface area contributed by atoms with Gasteiger partial charge in [-0.15, -0.1) is 0 Å². The van der Waals surface area contributed by atoms with Gasteiger partial charge >= 0.3 is 0 Å². The zero-order valence-corrected chi connectivity index (χ0v) is 28.0. The van der Waals surface area contributed by atoms with Crippen molar-refractivity contribution in [2.75, 3.05) is 0 Å². The first-order valence-corrected chi connectivity index (χ1v) is 17.1. The molecule has 0 unspecified atom stereocenters. The minimum Gasteiger partial charge on any atom is -0.228 e. The molecule has 0 radical (unpaired) electrons. The Morgan fingerprint density at radius 2 is 0.712 bits per heavy atom. The Morgan fingerprint density at radius 3 is 1.17 bits per heavy atom. The van der Waals surface area contributed by atoms with E-state index in [0.717, 1.165) is 77.7 Å². The molecule has 52 heavy (non-hydrogen) atoms. The molecule has 0 aliphatic carbocycles. The van der Waals surface area contributed by atoms with Gasteiger partial charge in [-0.1, -0.05) is 133 Å². The van der Waals surface area contributed by atoms with Gasteiger partial charge in [0.25, 0.3) is 0 Å². The molecule has 0 fully saturated rings. The highest BCUT2D eigenvalue weighted by Gasteiger charge is 2.15. The SMILES string of the molecule is N#Cc1cc(-c2cccc(-c3nc(-c4ccccc4)nc4ccccc34)c2)cc(-c2cccc(-c3nc(-c4ccccc4)nc4ccccc34)c2)c1. The van der Waals surface area contributed by atoms with Crippen LogP contribution in [0.25, 0.3) is 89.4 Å². The highest BCUT2D eigenvalue weighted by molar-refractivity contribution is 5.96. The molecule has 2 aromatic heterocycles. The van der Waals surface area contributed by atoms with Crippen LogP contribution in [0.5, 0.6) is 0 Å². The lowest BCUT2D eigenvalue weighted by Crippen LogP contribution is -1.95. The van der Waals surface area contributed by atoms with Crippen LogP contribution in [0.1, 0.15) is 5.56 Å². The molecule has 0 N–H and O–H groups in total. The standard InChI is InChI=1S/C47H29N5/c48-30-31-25-38(34-17-11-19-36(27-34)44-40-21-7-9-23-42(40)49-46(51-44)32-13-3-1-4-14-32)29-39(26-31)35-18-12-20-37(28-35)45-41-22-8-10-24-43(41)50-47(52-45)33-15-5-2-6-16-33/h1-29H. The summed E-state index contributed by atoms with van der Waals surface area (Å²) in [6.45, 7) is 0. The number of nitriles is 1. The molecule has 0 amide bonds. The fourth-order valence-corrected chi connectivity index (χ4v) is 6.74. The number of nitrogens with zero attached hydrogens (tertiary/aromatic N) is 5. The zero-order valence-electron chi connectivity index (χ0n) is 28.0. The lowest BCUT2D eigenvalue weighted by molar-refractivity contribution is 1.23. The summed E-state index contributed by atoms with van der Waals surface area (Å²) < 4.78 is 0. The number of benzene rings is 7. The van der Waals surface area contributed by atoms with E-state index in [1.807, 2.05) is 121 Å². The molecule has 0 aliphatic heterocycles. The van der Waals surface area contributed by atoms with Gasteiger partial charge in [-0.2, -0.15) is 5.26 Å². The van der Waals surface area contributed by atoms with E-state index in [1.54, 1.807) is 0 Å². The monoisotopic (exact) mass is 663 g/mol.